The Morgan fingerprint density at radius 1 is 0.273 bits per heavy atom. The standard InChI is InChI=1S/C51H31N3O/c1-3-10-32(11-4-1)34-18-19-36-27-39(22-20-35(36)26-34)49-52-50(40-23-21-37-31-48-46(30-42(37)29-40)45-15-7-8-17-47(45)55-48)54-51(53-49)41-24-25-44-38(28-41)14-9-16-43(44)33-12-5-2-6-13-33/h1-31H. The molecule has 2 heterocycles. The van der Waals surface area contributed by atoms with Crippen LogP contribution in [0.4, 0.5) is 0 Å². The van der Waals surface area contributed by atoms with E-state index >= 15 is 0 Å². The predicted molar refractivity (Wildman–Crippen MR) is 227 cm³/mol. The number of furan rings is 1. The predicted octanol–water partition coefficient (Wildman–Crippen LogP) is 13.6. The first kappa shape index (κ1) is 31.1. The first-order valence-corrected chi connectivity index (χ1v) is 18.5. The van der Waals surface area contributed by atoms with Gasteiger partial charge in [-0.15, -0.1) is 0 Å². The molecule has 0 bridgehead atoms. The van der Waals surface area contributed by atoms with Crippen molar-refractivity contribution in [3.63, 3.8) is 0 Å². The minimum Gasteiger partial charge on any atom is -0.456 e. The van der Waals surface area contributed by atoms with Gasteiger partial charge in [-0.25, -0.2) is 15.0 Å². The highest BCUT2D eigenvalue weighted by Crippen LogP contribution is 2.36. The molecule has 0 spiro atoms. The zero-order valence-corrected chi connectivity index (χ0v) is 29.6. The molecule has 9 aromatic carbocycles. The van der Waals surface area contributed by atoms with Crippen LogP contribution >= 0.6 is 0 Å². The van der Waals surface area contributed by atoms with Gasteiger partial charge in [0.1, 0.15) is 11.2 Å². The van der Waals surface area contributed by atoms with Crippen LogP contribution in [0.2, 0.25) is 0 Å². The van der Waals surface area contributed by atoms with Crippen LogP contribution in [0.3, 0.4) is 0 Å². The lowest BCUT2D eigenvalue weighted by Gasteiger charge is -2.12. The topological polar surface area (TPSA) is 51.8 Å². The van der Waals surface area contributed by atoms with Gasteiger partial charge in [-0.2, -0.15) is 0 Å². The zero-order chi connectivity index (χ0) is 36.3. The third kappa shape index (κ3) is 5.51. The van der Waals surface area contributed by atoms with E-state index in [-0.39, 0.29) is 0 Å². The lowest BCUT2D eigenvalue weighted by Crippen LogP contribution is -2.00. The quantitative estimate of drug-likeness (QED) is 0.179. The van der Waals surface area contributed by atoms with E-state index in [0.717, 1.165) is 65.6 Å². The van der Waals surface area contributed by atoms with Gasteiger partial charge in [0.2, 0.25) is 0 Å². The Morgan fingerprint density at radius 3 is 1.53 bits per heavy atom. The van der Waals surface area contributed by atoms with E-state index in [4.69, 9.17) is 19.4 Å². The number of hydrogen-bond acceptors (Lipinski definition) is 4. The average Bonchev–Trinajstić information content (AvgIpc) is 3.62. The second-order valence-corrected chi connectivity index (χ2v) is 14.1. The molecule has 4 heteroatoms. The van der Waals surface area contributed by atoms with Crippen molar-refractivity contribution in [2.75, 3.05) is 0 Å². The third-order valence-corrected chi connectivity index (χ3v) is 10.7. The van der Waals surface area contributed by atoms with Crippen LogP contribution in [0.15, 0.2) is 192 Å². The zero-order valence-electron chi connectivity index (χ0n) is 29.6. The minimum absolute atomic E-state index is 0.622. The summed E-state index contributed by atoms with van der Waals surface area (Å²) in [6, 6.07) is 66.0. The average molecular weight is 702 g/mol. The highest BCUT2D eigenvalue weighted by Gasteiger charge is 2.16. The maximum atomic E-state index is 6.19. The van der Waals surface area contributed by atoms with Crippen LogP contribution in [0.5, 0.6) is 0 Å². The summed E-state index contributed by atoms with van der Waals surface area (Å²) >= 11 is 0. The molecule has 11 rings (SSSR count). The number of aromatic nitrogens is 3. The van der Waals surface area contributed by atoms with Crippen LogP contribution in [-0.2, 0) is 0 Å². The summed E-state index contributed by atoms with van der Waals surface area (Å²) < 4.78 is 6.19. The Kier molecular flexibility index (Phi) is 7.14. The van der Waals surface area contributed by atoms with Crippen LogP contribution in [0, 0.1) is 0 Å². The molecule has 0 atom stereocenters. The fourth-order valence-corrected chi connectivity index (χ4v) is 7.86. The molecule has 0 saturated carbocycles. The first-order chi connectivity index (χ1) is 27.2. The second-order valence-electron chi connectivity index (χ2n) is 14.1. The summed E-state index contributed by atoms with van der Waals surface area (Å²) in [6.07, 6.45) is 0. The molecule has 0 aliphatic rings. The second kappa shape index (κ2) is 12.6. The third-order valence-electron chi connectivity index (χ3n) is 10.7. The molecule has 2 aromatic heterocycles. The van der Waals surface area contributed by atoms with Crippen LogP contribution in [-0.4, -0.2) is 15.0 Å². The van der Waals surface area contributed by atoms with E-state index < -0.39 is 0 Å². The fourth-order valence-electron chi connectivity index (χ4n) is 7.86. The highest BCUT2D eigenvalue weighted by atomic mass is 16.3. The lowest BCUT2D eigenvalue weighted by molar-refractivity contribution is 0.669. The van der Waals surface area contributed by atoms with Gasteiger partial charge in [0.25, 0.3) is 0 Å². The van der Waals surface area contributed by atoms with E-state index in [0.29, 0.717) is 17.5 Å². The monoisotopic (exact) mass is 701 g/mol. The van der Waals surface area contributed by atoms with Gasteiger partial charge in [0.15, 0.2) is 17.5 Å². The number of nitrogens with zero attached hydrogens (tertiary/aromatic N) is 3. The lowest BCUT2D eigenvalue weighted by atomic mass is 9.97. The molecule has 0 unspecified atom stereocenters. The van der Waals surface area contributed by atoms with E-state index in [2.05, 4.69) is 170 Å². The van der Waals surface area contributed by atoms with Gasteiger partial charge in [0.05, 0.1) is 0 Å². The van der Waals surface area contributed by atoms with Gasteiger partial charge in [-0.3, -0.25) is 0 Å². The Morgan fingerprint density at radius 2 is 0.818 bits per heavy atom. The summed E-state index contributed by atoms with van der Waals surface area (Å²) in [5.74, 6) is 1.88. The molecule has 4 nitrogen and oxygen atoms in total. The smallest absolute Gasteiger partial charge is 0.164 e. The van der Waals surface area contributed by atoms with Crippen molar-refractivity contribution in [2.45, 2.75) is 0 Å². The summed E-state index contributed by atoms with van der Waals surface area (Å²) in [4.78, 5) is 15.5. The molecule has 0 radical (unpaired) electrons. The largest absolute Gasteiger partial charge is 0.456 e. The summed E-state index contributed by atoms with van der Waals surface area (Å²) in [5, 5.41) is 8.99. The van der Waals surface area contributed by atoms with Gasteiger partial charge in [0, 0.05) is 27.5 Å². The van der Waals surface area contributed by atoms with Gasteiger partial charge in [-0.1, -0.05) is 146 Å². The first-order valence-electron chi connectivity index (χ1n) is 18.5. The molecule has 256 valence electrons. The number of hydrogen-bond donors (Lipinski definition) is 0. The minimum atomic E-state index is 0.622. The molecule has 0 aliphatic carbocycles. The van der Waals surface area contributed by atoms with Gasteiger partial charge in [-0.05, 0) is 97.0 Å². The van der Waals surface area contributed by atoms with Crippen molar-refractivity contribution in [2.24, 2.45) is 0 Å². The number of benzene rings is 9. The molecule has 0 amide bonds. The van der Waals surface area contributed by atoms with Crippen molar-refractivity contribution in [3.05, 3.63) is 188 Å². The molecule has 11 aromatic rings. The molecule has 0 saturated heterocycles. The Bertz CT molecular complexity index is 3260. The van der Waals surface area contributed by atoms with Crippen LogP contribution < -0.4 is 0 Å². The highest BCUT2D eigenvalue weighted by molar-refractivity contribution is 6.10. The Hall–Kier alpha value is -7.43. The van der Waals surface area contributed by atoms with E-state index in [1.54, 1.807) is 0 Å². The van der Waals surface area contributed by atoms with Crippen LogP contribution in [0.1, 0.15) is 0 Å². The summed E-state index contributed by atoms with van der Waals surface area (Å²) in [5.41, 5.74) is 9.33. The number of rotatable bonds is 5. The van der Waals surface area contributed by atoms with E-state index in [1.165, 1.54) is 27.6 Å². The van der Waals surface area contributed by atoms with Crippen molar-refractivity contribution in [3.8, 4) is 56.4 Å². The maximum Gasteiger partial charge on any atom is 0.164 e. The van der Waals surface area contributed by atoms with Crippen molar-refractivity contribution in [1.82, 2.24) is 15.0 Å². The van der Waals surface area contributed by atoms with E-state index in [9.17, 15) is 0 Å². The maximum absolute atomic E-state index is 6.19. The van der Waals surface area contributed by atoms with Crippen molar-refractivity contribution in [1.29, 1.82) is 0 Å². The summed E-state index contributed by atoms with van der Waals surface area (Å²) in [7, 11) is 0. The van der Waals surface area contributed by atoms with E-state index in [1.807, 2.05) is 18.2 Å². The molecule has 0 fully saturated rings. The molecular formula is C51H31N3O. The normalized spacial score (nSPS) is 11.6. The van der Waals surface area contributed by atoms with Gasteiger partial charge < -0.3 is 4.42 Å². The van der Waals surface area contributed by atoms with Crippen molar-refractivity contribution < 1.29 is 4.42 Å². The number of fused-ring (bicyclic) bond motifs is 6. The van der Waals surface area contributed by atoms with Gasteiger partial charge >= 0.3 is 0 Å². The summed E-state index contributed by atoms with van der Waals surface area (Å²) in [6.45, 7) is 0. The molecular weight excluding hydrogens is 671 g/mol. The Balaban J connectivity index is 1.07. The van der Waals surface area contributed by atoms with Crippen molar-refractivity contribution >= 4 is 54.3 Å². The molecule has 0 N–H and O–H groups in total. The van der Waals surface area contributed by atoms with Crippen LogP contribution in [0.25, 0.3) is 111 Å². The number of para-hydroxylation sites is 1. The molecule has 0 aliphatic heterocycles. The molecule has 55 heavy (non-hydrogen) atoms. The Labute approximate surface area is 317 Å². The SMILES string of the molecule is c1ccc(-c2ccc3cc(-c4nc(-c5ccc6cc7oc8ccccc8c7cc6c5)nc(-c5ccc6c(-c7ccccc7)cccc6c5)n4)ccc3c2)cc1. The fraction of sp³-hybridized carbons (Fsp3) is 0.